The summed E-state index contributed by atoms with van der Waals surface area (Å²) in [6.45, 7) is 5.10. The second-order valence-corrected chi connectivity index (χ2v) is 11.7. The van der Waals surface area contributed by atoms with E-state index in [4.69, 9.17) is 9.47 Å². The highest BCUT2D eigenvalue weighted by Crippen LogP contribution is 2.34. The number of hydrogen-bond acceptors (Lipinski definition) is 7. The van der Waals surface area contributed by atoms with E-state index in [-0.39, 0.29) is 30.6 Å². The fourth-order valence-corrected chi connectivity index (χ4v) is 5.67. The maximum Gasteiger partial charge on any atom is 0.316 e. The molecule has 0 radical (unpaired) electrons. The first-order valence-corrected chi connectivity index (χ1v) is 13.1. The lowest BCUT2D eigenvalue weighted by Gasteiger charge is -2.38. The molecule has 1 aromatic heterocycles. The van der Waals surface area contributed by atoms with E-state index in [0.29, 0.717) is 44.1 Å². The molecular weight excluding hydrogens is 482 g/mol. The van der Waals surface area contributed by atoms with Crippen LogP contribution in [-0.2, 0) is 14.8 Å². The van der Waals surface area contributed by atoms with Crippen LogP contribution in [0.2, 0.25) is 0 Å². The molecular formula is C23H30F2N4O5S. The summed E-state index contributed by atoms with van der Waals surface area (Å²) in [7, 11) is -1.76. The van der Waals surface area contributed by atoms with Crippen molar-refractivity contribution in [3.8, 4) is 11.4 Å². The Labute approximate surface area is 203 Å². The Morgan fingerprint density at radius 2 is 1.71 bits per heavy atom. The third-order valence-electron chi connectivity index (χ3n) is 6.42. The Morgan fingerprint density at radius 1 is 1.09 bits per heavy atom. The van der Waals surface area contributed by atoms with Gasteiger partial charge in [0.1, 0.15) is 17.3 Å². The smallest absolute Gasteiger partial charge is 0.316 e. The number of methoxy groups -OCH3 is 1. The minimum atomic E-state index is -3.39. The van der Waals surface area contributed by atoms with Crippen molar-refractivity contribution >= 4 is 15.7 Å². The Bertz CT molecular complexity index is 1200. The molecule has 0 amide bonds. The van der Waals surface area contributed by atoms with E-state index in [1.54, 1.807) is 21.0 Å². The average molecular weight is 513 g/mol. The third kappa shape index (κ3) is 5.34. The molecule has 1 saturated heterocycles. The van der Waals surface area contributed by atoms with Gasteiger partial charge in [0.05, 0.1) is 23.2 Å². The highest BCUT2D eigenvalue weighted by atomic mass is 32.2. The van der Waals surface area contributed by atoms with Gasteiger partial charge in [0.2, 0.25) is 15.8 Å². The zero-order valence-electron chi connectivity index (χ0n) is 20.0. The van der Waals surface area contributed by atoms with Crippen LogP contribution in [0.15, 0.2) is 29.2 Å². The fourth-order valence-electron chi connectivity index (χ4n) is 4.40. The van der Waals surface area contributed by atoms with Crippen LogP contribution in [0, 0.1) is 17.6 Å². The molecule has 2 aromatic rings. The van der Waals surface area contributed by atoms with Crippen molar-refractivity contribution in [2.75, 3.05) is 44.8 Å². The maximum absolute atomic E-state index is 13.8. The van der Waals surface area contributed by atoms with Crippen molar-refractivity contribution in [1.29, 1.82) is 0 Å². The molecule has 1 saturated carbocycles. The number of sulfonamides is 1. The highest BCUT2D eigenvalue weighted by Gasteiger charge is 2.35. The summed E-state index contributed by atoms with van der Waals surface area (Å²) in [6, 6.07) is 2.76. The summed E-state index contributed by atoms with van der Waals surface area (Å²) in [4.78, 5) is 15.3. The molecule has 4 rings (SSSR count). The number of piperazine rings is 1. The predicted octanol–water partition coefficient (Wildman–Crippen LogP) is 2.17. The number of halogens is 2. The van der Waals surface area contributed by atoms with Gasteiger partial charge in [-0.15, -0.1) is 0 Å². The lowest BCUT2D eigenvalue weighted by atomic mass is 9.83. The number of ether oxygens (including phenoxy) is 2. The average Bonchev–Trinajstić information content (AvgIpc) is 2.78. The molecule has 9 nitrogen and oxygen atoms in total. The van der Waals surface area contributed by atoms with E-state index in [1.165, 1.54) is 10.5 Å². The topological polar surface area (TPSA) is 94.0 Å². The van der Waals surface area contributed by atoms with Crippen LogP contribution in [0.4, 0.5) is 14.5 Å². The van der Waals surface area contributed by atoms with Crippen molar-refractivity contribution in [2.45, 2.75) is 38.0 Å². The summed E-state index contributed by atoms with van der Waals surface area (Å²) in [5.74, 6) is -1.29. The van der Waals surface area contributed by atoms with Crippen molar-refractivity contribution < 1.29 is 26.7 Å². The lowest BCUT2D eigenvalue weighted by molar-refractivity contribution is 0.0173. The van der Waals surface area contributed by atoms with Gasteiger partial charge in [-0.05, 0) is 44.7 Å². The predicted molar refractivity (Wildman–Crippen MR) is 127 cm³/mol. The van der Waals surface area contributed by atoms with Gasteiger partial charge in [-0.2, -0.15) is 14.1 Å². The first-order chi connectivity index (χ1) is 16.6. The zero-order valence-corrected chi connectivity index (χ0v) is 20.8. The molecule has 1 aromatic carbocycles. The fraction of sp³-hybridized carbons (Fsp3) is 0.565. The summed E-state index contributed by atoms with van der Waals surface area (Å²) in [6.07, 6.45) is 2.65. The van der Waals surface area contributed by atoms with E-state index < -0.39 is 32.5 Å². The van der Waals surface area contributed by atoms with Crippen molar-refractivity contribution in [2.24, 2.45) is 5.92 Å². The SMILES string of the molecule is COC[C@H]1C[C@@H](Oc2c(N3CCN(S(=O)(=O)C(C)C)CC3)cnn(-c3cc(F)cc(F)c3)c2=O)C1. The zero-order chi connectivity index (χ0) is 25.3. The molecule has 2 fully saturated rings. The second-order valence-electron chi connectivity index (χ2n) is 9.22. The second kappa shape index (κ2) is 10.2. The van der Waals surface area contributed by atoms with E-state index in [1.807, 2.05) is 4.90 Å². The van der Waals surface area contributed by atoms with Crippen molar-refractivity contribution in [1.82, 2.24) is 14.1 Å². The van der Waals surface area contributed by atoms with Gasteiger partial charge in [-0.25, -0.2) is 17.2 Å². The molecule has 0 atom stereocenters. The standard InChI is InChI=1S/C23H30F2N4O5S/c1-15(2)35(31,32)28-6-4-27(5-7-28)21-13-26-29(19-11-17(24)10-18(25)12-19)23(30)22(21)34-20-8-16(9-20)14-33-3/h10-13,15-16,20H,4-9,14H2,1-3H3/t16-,20+. The monoisotopic (exact) mass is 512 g/mol. The Morgan fingerprint density at radius 3 is 2.29 bits per heavy atom. The summed E-state index contributed by atoms with van der Waals surface area (Å²) in [5, 5.41) is 3.63. The number of anilines is 1. The quantitative estimate of drug-likeness (QED) is 0.535. The number of hydrogen-bond donors (Lipinski definition) is 0. The van der Waals surface area contributed by atoms with Crippen LogP contribution in [0.5, 0.6) is 5.75 Å². The van der Waals surface area contributed by atoms with Crippen LogP contribution in [-0.4, -0.2) is 73.8 Å². The first kappa shape index (κ1) is 25.5. The summed E-state index contributed by atoms with van der Waals surface area (Å²) < 4.78 is 66.3. The minimum Gasteiger partial charge on any atom is -0.483 e. The Kier molecular flexibility index (Phi) is 7.43. The van der Waals surface area contributed by atoms with E-state index >= 15 is 0 Å². The largest absolute Gasteiger partial charge is 0.483 e. The molecule has 0 spiro atoms. The third-order valence-corrected chi connectivity index (χ3v) is 8.70. The number of rotatable bonds is 8. The highest BCUT2D eigenvalue weighted by molar-refractivity contribution is 7.89. The van der Waals surface area contributed by atoms with E-state index in [0.717, 1.165) is 22.9 Å². The molecule has 1 aliphatic carbocycles. The minimum absolute atomic E-state index is 0.0331. The molecule has 0 unspecified atom stereocenters. The number of nitrogens with zero attached hydrogens (tertiary/aromatic N) is 4. The van der Waals surface area contributed by atoms with Gasteiger partial charge in [0.25, 0.3) is 0 Å². The van der Waals surface area contributed by atoms with Gasteiger partial charge >= 0.3 is 5.56 Å². The molecule has 35 heavy (non-hydrogen) atoms. The van der Waals surface area contributed by atoms with Crippen LogP contribution < -0.4 is 15.2 Å². The van der Waals surface area contributed by atoms with Crippen molar-refractivity contribution in [3.05, 3.63) is 46.4 Å². The Hall–Kier alpha value is -2.57. The molecule has 12 heteroatoms. The van der Waals surface area contributed by atoms with Crippen LogP contribution in [0.25, 0.3) is 5.69 Å². The number of benzene rings is 1. The Balaban J connectivity index is 1.64. The molecule has 192 valence electrons. The molecule has 1 aliphatic heterocycles. The summed E-state index contributed by atoms with van der Waals surface area (Å²) >= 11 is 0. The van der Waals surface area contributed by atoms with Crippen LogP contribution >= 0.6 is 0 Å². The summed E-state index contributed by atoms with van der Waals surface area (Å²) in [5.41, 5.74) is -0.262. The van der Waals surface area contributed by atoms with Gasteiger partial charge in [-0.3, -0.25) is 4.79 Å². The van der Waals surface area contributed by atoms with Gasteiger partial charge in [0, 0.05) is 46.0 Å². The molecule has 2 aliphatic rings. The van der Waals surface area contributed by atoms with Gasteiger partial charge in [-0.1, -0.05) is 0 Å². The first-order valence-electron chi connectivity index (χ1n) is 11.6. The van der Waals surface area contributed by atoms with Gasteiger partial charge in [0.15, 0.2) is 0 Å². The molecule has 0 bridgehead atoms. The van der Waals surface area contributed by atoms with Gasteiger partial charge < -0.3 is 14.4 Å². The van der Waals surface area contributed by atoms with Crippen LogP contribution in [0.3, 0.4) is 0 Å². The lowest BCUT2D eigenvalue weighted by Crippen LogP contribution is -2.51. The van der Waals surface area contributed by atoms with E-state index in [2.05, 4.69) is 5.10 Å². The normalized spacial score (nSPS) is 21.3. The van der Waals surface area contributed by atoms with Crippen molar-refractivity contribution in [3.63, 3.8) is 0 Å². The number of aromatic nitrogens is 2. The molecule has 2 heterocycles. The molecule has 0 N–H and O–H groups in total. The van der Waals surface area contributed by atoms with E-state index in [9.17, 15) is 22.0 Å². The van der Waals surface area contributed by atoms with Crippen LogP contribution in [0.1, 0.15) is 26.7 Å². The maximum atomic E-state index is 13.8.